The first-order valence-electron chi connectivity index (χ1n) is 7.94. The van der Waals surface area contributed by atoms with E-state index >= 15 is 0 Å². The third-order valence-electron chi connectivity index (χ3n) is 4.26. The third-order valence-corrected chi connectivity index (χ3v) is 4.26. The largest absolute Gasteiger partial charge is 0.497 e. The molecule has 0 amide bonds. The van der Waals surface area contributed by atoms with Crippen molar-refractivity contribution in [1.82, 2.24) is 0 Å². The normalized spacial score (nSPS) is 11.0. The van der Waals surface area contributed by atoms with Crippen LogP contribution >= 0.6 is 0 Å². The summed E-state index contributed by atoms with van der Waals surface area (Å²) < 4.78 is 16.4. The lowest BCUT2D eigenvalue weighted by atomic mass is 10.1. The van der Waals surface area contributed by atoms with Gasteiger partial charge in [0.2, 0.25) is 5.76 Å². The molecule has 4 aromatic rings. The van der Waals surface area contributed by atoms with Crippen LogP contribution in [0.2, 0.25) is 0 Å². The number of hydrogen-bond acceptors (Lipinski definition) is 4. The Kier molecular flexibility index (Phi) is 3.65. The van der Waals surface area contributed by atoms with Gasteiger partial charge in [-0.1, -0.05) is 30.3 Å². The van der Waals surface area contributed by atoms with Crippen molar-refractivity contribution >= 4 is 27.7 Å². The molecule has 0 N–H and O–H groups in total. The first-order valence-corrected chi connectivity index (χ1v) is 7.94. The number of carbonyl (C=O) groups excluding carboxylic acids is 1. The number of rotatable bonds is 3. The van der Waals surface area contributed by atoms with E-state index in [9.17, 15) is 4.79 Å². The summed E-state index contributed by atoms with van der Waals surface area (Å²) in [6.07, 6.45) is 0. The number of ether oxygens (including phenoxy) is 2. The van der Waals surface area contributed by atoms with Crippen molar-refractivity contribution in [2.24, 2.45) is 0 Å². The maximum Gasteiger partial charge on any atom is 0.379 e. The molecule has 4 nitrogen and oxygen atoms in total. The van der Waals surface area contributed by atoms with Gasteiger partial charge in [-0.15, -0.1) is 0 Å². The minimum Gasteiger partial charge on any atom is -0.497 e. The molecule has 0 spiro atoms. The second kappa shape index (κ2) is 5.98. The number of methoxy groups -OCH3 is 1. The third kappa shape index (κ3) is 2.72. The van der Waals surface area contributed by atoms with Crippen molar-refractivity contribution in [2.75, 3.05) is 7.11 Å². The molecule has 0 saturated carbocycles. The maximum atomic E-state index is 12.5. The van der Waals surface area contributed by atoms with Crippen LogP contribution in [0.25, 0.3) is 21.7 Å². The molecule has 0 aliphatic carbocycles. The van der Waals surface area contributed by atoms with E-state index < -0.39 is 5.97 Å². The lowest BCUT2D eigenvalue weighted by Crippen LogP contribution is -2.08. The molecule has 0 atom stereocenters. The van der Waals surface area contributed by atoms with Crippen LogP contribution in [0.15, 0.2) is 65.1 Å². The molecule has 4 rings (SSSR count). The highest BCUT2D eigenvalue weighted by Crippen LogP contribution is 2.28. The molecule has 1 aromatic heterocycles. The Bertz CT molecular complexity index is 1090. The predicted molar refractivity (Wildman–Crippen MR) is 96.4 cm³/mol. The van der Waals surface area contributed by atoms with Gasteiger partial charge in [-0.3, -0.25) is 0 Å². The fourth-order valence-electron chi connectivity index (χ4n) is 2.92. The standard InChI is InChI=1S/C21H16O4/c1-13-18-5-3-4-6-19(18)25-20(13)21(22)24-17-10-8-14-7-9-16(23-2)11-15(14)12-17/h3-12H,1-2H3. The first kappa shape index (κ1) is 15.3. The number of furan rings is 1. The highest BCUT2D eigenvalue weighted by atomic mass is 16.5. The van der Waals surface area contributed by atoms with Crippen molar-refractivity contribution in [2.45, 2.75) is 6.92 Å². The van der Waals surface area contributed by atoms with Gasteiger partial charge in [-0.25, -0.2) is 4.79 Å². The maximum absolute atomic E-state index is 12.5. The van der Waals surface area contributed by atoms with E-state index in [4.69, 9.17) is 13.9 Å². The Morgan fingerprint density at radius 2 is 1.64 bits per heavy atom. The smallest absolute Gasteiger partial charge is 0.379 e. The van der Waals surface area contributed by atoms with Crippen molar-refractivity contribution in [3.63, 3.8) is 0 Å². The van der Waals surface area contributed by atoms with Gasteiger partial charge in [0.25, 0.3) is 0 Å². The highest BCUT2D eigenvalue weighted by molar-refractivity contribution is 5.97. The minimum absolute atomic E-state index is 0.229. The van der Waals surface area contributed by atoms with Crippen molar-refractivity contribution < 1.29 is 18.7 Å². The zero-order valence-corrected chi connectivity index (χ0v) is 13.9. The van der Waals surface area contributed by atoms with Crippen molar-refractivity contribution in [3.8, 4) is 11.5 Å². The molecule has 0 unspecified atom stereocenters. The molecule has 4 heteroatoms. The number of carbonyl (C=O) groups is 1. The molecule has 25 heavy (non-hydrogen) atoms. The summed E-state index contributed by atoms with van der Waals surface area (Å²) in [5.41, 5.74) is 1.46. The van der Waals surface area contributed by atoms with Gasteiger partial charge in [0.15, 0.2) is 0 Å². The monoisotopic (exact) mass is 332 g/mol. The molecule has 0 fully saturated rings. The van der Waals surface area contributed by atoms with E-state index in [1.54, 1.807) is 13.2 Å². The van der Waals surface area contributed by atoms with Crippen molar-refractivity contribution in [3.05, 3.63) is 72.0 Å². The average molecular weight is 332 g/mol. The summed E-state index contributed by atoms with van der Waals surface area (Å²) in [6.45, 7) is 1.85. The Morgan fingerprint density at radius 1 is 0.920 bits per heavy atom. The molecular formula is C21H16O4. The quantitative estimate of drug-likeness (QED) is 0.386. The second-order valence-corrected chi connectivity index (χ2v) is 5.82. The number of hydrogen-bond donors (Lipinski definition) is 0. The fraction of sp³-hybridized carbons (Fsp3) is 0.0952. The van der Waals surface area contributed by atoms with Gasteiger partial charge >= 0.3 is 5.97 Å². The van der Waals surface area contributed by atoms with Crippen LogP contribution in [0.4, 0.5) is 0 Å². The molecule has 3 aromatic carbocycles. The SMILES string of the molecule is COc1ccc2ccc(OC(=O)c3oc4ccccc4c3C)cc2c1. The fourth-order valence-corrected chi connectivity index (χ4v) is 2.92. The summed E-state index contributed by atoms with van der Waals surface area (Å²) in [6, 6.07) is 18.8. The van der Waals surface area contributed by atoms with E-state index in [-0.39, 0.29) is 5.76 Å². The average Bonchev–Trinajstić information content (AvgIpc) is 2.98. The number of esters is 1. The van der Waals surface area contributed by atoms with Crippen LogP contribution < -0.4 is 9.47 Å². The van der Waals surface area contributed by atoms with Gasteiger partial charge in [0, 0.05) is 10.9 Å². The molecule has 0 aliphatic rings. The first-order chi connectivity index (χ1) is 12.2. The van der Waals surface area contributed by atoms with E-state index in [0.717, 1.165) is 27.5 Å². The van der Waals surface area contributed by atoms with Gasteiger partial charge in [-0.2, -0.15) is 0 Å². The summed E-state index contributed by atoms with van der Waals surface area (Å²) in [5, 5.41) is 2.89. The molecule has 0 radical (unpaired) electrons. The molecule has 0 aliphatic heterocycles. The highest BCUT2D eigenvalue weighted by Gasteiger charge is 2.19. The van der Waals surface area contributed by atoms with E-state index in [1.165, 1.54) is 0 Å². The summed E-state index contributed by atoms with van der Waals surface area (Å²) in [5.74, 6) is 0.942. The lowest BCUT2D eigenvalue weighted by Gasteiger charge is -2.06. The topological polar surface area (TPSA) is 48.7 Å². The van der Waals surface area contributed by atoms with E-state index in [0.29, 0.717) is 11.3 Å². The number of benzene rings is 3. The van der Waals surface area contributed by atoms with E-state index in [1.807, 2.05) is 61.5 Å². The van der Waals surface area contributed by atoms with Crippen molar-refractivity contribution in [1.29, 1.82) is 0 Å². The van der Waals surface area contributed by atoms with Crippen LogP contribution in [-0.2, 0) is 0 Å². The molecule has 124 valence electrons. The Balaban J connectivity index is 1.67. The van der Waals surface area contributed by atoms with Gasteiger partial charge in [0.05, 0.1) is 7.11 Å². The second-order valence-electron chi connectivity index (χ2n) is 5.82. The minimum atomic E-state index is -0.504. The van der Waals surface area contributed by atoms with Gasteiger partial charge < -0.3 is 13.9 Å². The number of aryl methyl sites for hydroxylation is 1. The number of para-hydroxylation sites is 1. The van der Waals surface area contributed by atoms with Crippen LogP contribution in [0, 0.1) is 6.92 Å². The zero-order valence-electron chi connectivity index (χ0n) is 13.9. The Hall–Kier alpha value is -3.27. The summed E-state index contributed by atoms with van der Waals surface area (Å²) in [7, 11) is 1.62. The molecular weight excluding hydrogens is 316 g/mol. The van der Waals surface area contributed by atoms with Crippen LogP contribution in [0.5, 0.6) is 11.5 Å². The summed E-state index contributed by atoms with van der Waals surface area (Å²) >= 11 is 0. The van der Waals surface area contributed by atoms with Crippen LogP contribution in [0.3, 0.4) is 0 Å². The number of fused-ring (bicyclic) bond motifs is 2. The van der Waals surface area contributed by atoms with Gasteiger partial charge in [-0.05, 0) is 48.0 Å². The van der Waals surface area contributed by atoms with Crippen LogP contribution in [-0.4, -0.2) is 13.1 Å². The molecule has 1 heterocycles. The molecule has 0 saturated heterocycles. The Labute approximate surface area is 144 Å². The Morgan fingerprint density at radius 3 is 2.40 bits per heavy atom. The van der Waals surface area contributed by atoms with Crippen LogP contribution in [0.1, 0.15) is 16.1 Å². The lowest BCUT2D eigenvalue weighted by molar-refractivity contribution is 0.0703. The molecule has 0 bridgehead atoms. The summed E-state index contributed by atoms with van der Waals surface area (Å²) in [4.78, 5) is 12.5. The van der Waals surface area contributed by atoms with Gasteiger partial charge in [0.1, 0.15) is 17.1 Å². The zero-order chi connectivity index (χ0) is 17.4. The van der Waals surface area contributed by atoms with E-state index in [2.05, 4.69) is 0 Å². The predicted octanol–water partition coefficient (Wildman–Crippen LogP) is 5.12.